The number of ether oxygens (including phenoxy) is 1. The summed E-state index contributed by atoms with van der Waals surface area (Å²) in [6, 6.07) is 12.1. The zero-order chi connectivity index (χ0) is 21.6. The molecule has 0 fully saturated rings. The number of anilines is 1. The van der Waals surface area contributed by atoms with E-state index < -0.39 is 20.8 Å². The lowest BCUT2D eigenvalue weighted by molar-refractivity contribution is -0.384. The Labute approximate surface area is 186 Å². The summed E-state index contributed by atoms with van der Waals surface area (Å²) in [6.07, 6.45) is -1.19. The fourth-order valence-electron chi connectivity index (χ4n) is 2.21. The summed E-state index contributed by atoms with van der Waals surface area (Å²) in [7, 11) is 1.43. The van der Waals surface area contributed by atoms with Crippen molar-refractivity contribution >= 4 is 69.4 Å². The minimum Gasteiger partial charge on any atom is -0.496 e. The number of amides is 1. The number of halogens is 3. The molecule has 1 amide bonds. The highest BCUT2D eigenvalue weighted by Gasteiger charge is 2.35. The molecule has 0 saturated carbocycles. The number of non-ortho nitro benzene ring substituents is 1. The number of nitrogens with zero attached hydrogens (tertiary/aromatic N) is 1. The van der Waals surface area contributed by atoms with E-state index in [1.165, 1.54) is 31.4 Å². The molecular formula is C17H15Cl3N4O4S. The highest BCUT2D eigenvalue weighted by atomic mass is 35.6. The summed E-state index contributed by atoms with van der Waals surface area (Å²) in [5.41, 5.74) is 0.634. The standard InChI is InChI=1S/C17H15Cl3N4O4S/c1-28-13-5-3-2-4-12(13)14(25)22-15(17(18,19)20)23-16(29)21-10-6-8-11(9-7-10)24(26)27/h2-9,15H,1H3,(H,22,25)(H2,21,23,29). The third-order valence-electron chi connectivity index (χ3n) is 3.57. The predicted octanol–water partition coefficient (Wildman–Crippen LogP) is 4.02. The first-order valence-electron chi connectivity index (χ1n) is 7.94. The van der Waals surface area contributed by atoms with E-state index in [1.54, 1.807) is 24.3 Å². The predicted molar refractivity (Wildman–Crippen MR) is 117 cm³/mol. The second-order valence-electron chi connectivity index (χ2n) is 5.55. The lowest BCUT2D eigenvalue weighted by atomic mass is 10.2. The molecule has 1 atom stereocenters. The van der Waals surface area contributed by atoms with Crippen LogP contribution in [0.4, 0.5) is 11.4 Å². The molecule has 2 rings (SSSR count). The van der Waals surface area contributed by atoms with Crippen LogP contribution in [0, 0.1) is 10.1 Å². The van der Waals surface area contributed by atoms with Gasteiger partial charge in [0.2, 0.25) is 3.79 Å². The third kappa shape index (κ3) is 6.60. The molecule has 0 bridgehead atoms. The van der Waals surface area contributed by atoms with E-state index in [1.807, 2.05) is 0 Å². The van der Waals surface area contributed by atoms with Gasteiger partial charge >= 0.3 is 0 Å². The average molecular weight is 478 g/mol. The maximum Gasteiger partial charge on any atom is 0.269 e. The summed E-state index contributed by atoms with van der Waals surface area (Å²) in [4.78, 5) is 22.8. The maximum atomic E-state index is 12.6. The quantitative estimate of drug-likeness (QED) is 0.190. The van der Waals surface area contributed by atoms with Crippen molar-refractivity contribution in [1.29, 1.82) is 0 Å². The maximum absolute atomic E-state index is 12.6. The number of alkyl halides is 3. The van der Waals surface area contributed by atoms with Gasteiger partial charge in [-0.3, -0.25) is 14.9 Å². The molecule has 0 aliphatic carbocycles. The number of methoxy groups -OCH3 is 1. The van der Waals surface area contributed by atoms with E-state index in [9.17, 15) is 14.9 Å². The molecule has 1 unspecified atom stereocenters. The van der Waals surface area contributed by atoms with Crippen LogP contribution in [0.25, 0.3) is 0 Å². The van der Waals surface area contributed by atoms with Crippen molar-refractivity contribution in [1.82, 2.24) is 10.6 Å². The molecule has 0 aliphatic rings. The van der Waals surface area contributed by atoms with Gasteiger partial charge in [-0.1, -0.05) is 46.9 Å². The van der Waals surface area contributed by atoms with E-state index in [0.29, 0.717) is 11.4 Å². The molecule has 0 spiro atoms. The monoisotopic (exact) mass is 476 g/mol. The van der Waals surface area contributed by atoms with Crippen LogP contribution in [-0.4, -0.2) is 33.0 Å². The molecule has 0 aliphatic heterocycles. The molecule has 0 aromatic heterocycles. The summed E-state index contributed by atoms with van der Waals surface area (Å²) in [5, 5.41) is 18.8. The van der Waals surface area contributed by atoms with E-state index >= 15 is 0 Å². The number of carbonyl (C=O) groups excluding carboxylic acids is 1. The number of thiocarbonyl (C=S) groups is 1. The molecule has 8 nitrogen and oxygen atoms in total. The summed E-state index contributed by atoms with van der Waals surface area (Å²) in [5.74, 6) is -0.205. The number of nitro groups is 1. The zero-order valence-corrected chi connectivity index (χ0v) is 17.9. The van der Waals surface area contributed by atoms with E-state index in [-0.39, 0.29) is 16.4 Å². The summed E-state index contributed by atoms with van der Waals surface area (Å²) < 4.78 is 3.21. The first-order valence-corrected chi connectivity index (χ1v) is 9.48. The number of hydrogen-bond acceptors (Lipinski definition) is 5. The second-order valence-corrected chi connectivity index (χ2v) is 8.33. The Bertz CT molecular complexity index is 906. The zero-order valence-electron chi connectivity index (χ0n) is 14.8. The molecule has 2 aromatic carbocycles. The normalized spacial score (nSPS) is 11.9. The molecule has 29 heavy (non-hydrogen) atoms. The first-order chi connectivity index (χ1) is 13.6. The van der Waals surface area contributed by atoms with Crippen molar-refractivity contribution in [3.63, 3.8) is 0 Å². The van der Waals surface area contributed by atoms with Crippen molar-refractivity contribution in [2.75, 3.05) is 12.4 Å². The van der Waals surface area contributed by atoms with Crippen molar-refractivity contribution in [3.05, 3.63) is 64.2 Å². The van der Waals surface area contributed by atoms with Crippen LogP contribution in [0.15, 0.2) is 48.5 Å². The topological polar surface area (TPSA) is 106 Å². The Morgan fingerprint density at radius 3 is 2.31 bits per heavy atom. The van der Waals surface area contributed by atoms with Crippen LogP contribution in [0.1, 0.15) is 10.4 Å². The first kappa shape index (κ1) is 23.0. The highest BCUT2D eigenvalue weighted by Crippen LogP contribution is 2.30. The third-order valence-corrected chi connectivity index (χ3v) is 4.44. The van der Waals surface area contributed by atoms with E-state index in [4.69, 9.17) is 51.8 Å². The lowest BCUT2D eigenvalue weighted by Crippen LogP contribution is -2.56. The van der Waals surface area contributed by atoms with Gasteiger partial charge < -0.3 is 20.7 Å². The van der Waals surface area contributed by atoms with Crippen LogP contribution in [0.5, 0.6) is 5.75 Å². The number of nitrogens with one attached hydrogen (secondary N) is 3. The Kier molecular flexibility index (Phi) is 7.86. The second kappa shape index (κ2) is 9.93. The number of benzene rings is 2. The van der Waals surface area contributed by atoms with Crippen LogP contribution in [0.2, 0.25) is 0 Å². The van der Waals surface area contributed by atoms with Gasteiger partial charge in [-0.2, -0.15) is 0 Å². The van der Waals surface area contributed by atoms with E-state index in [0.717, 1.165) is 0 Å². The Balaban J connectivity index is 2.09. The Hall–Kier alpha value is -2.33. The van der Waals surface area contributed by atoms with Gasteiger partial charge in [0.05, 0.1) is 17.6 Å². The lowest BCUT2D eigenvalue weighted by Gasteiger charge is -2.28. The summed E-state index contributed by atoms with van der Waals surface area (Å²) in [6.45, 7) is 0. The molecule has 0 radical (unpaired) electrons. The van der Waals surface area contributed by atoms with Crippen LogP contribution in [0.3, 0.4) is 0 Å². The van der Waals surface area contributed by atoms with Gasteiger partial charge in [0.15, 0.2) is 5.11 Å². The Morgan fingerprint density at radius 1 is 1.14 bits per heavy atom. The van der Waals surface area contributed by atoms with Gasteiger partial charge in [-0.25, -0.2) is 0 Å². The number of hydrogen-bond donors (Lipinski definition) is 3. The number of nitro benzene ring substituents is 1. The highest BCUT2D eigenvalue weighted by molar-refractivity contribution is 7.80. The number of rotatable bonds is 6. The number of para-hydroxylation sites is 1. The fraction of sp³-hybridized carbons (Fsp3) is 0.176. The largest absolute Gasteiger partial charge is 0.496 e. The summed E-state index contributed by atoms with van der Waals surface area (Å²) >= 11 is 23.1. The SMILES string of the molecule is COc1ccccc1C(=O)NC(NC(=S)Nc1ccc([N+](=O)[O-])cc1)C(Cl)(Cl)Cl. The van der Waals surface area contributed by atoms with Gasteiger partial charge in [-0.05, 0) is 36.5 Å². The van der Waals surface area contributed by atoms with Gasteiger partial charge in [0.25, 0.3) is 11.6 Å². The molecule has 0 saturated heterocycles. The average Bonchev–Trinajstić information content (AvgIpc) is 2.67. The number of carbonyl (C=O) groups is 1. The molecule has 3 N–H and O–H groups in total. The van der Waals surface area contributed by atoms with Gasteiger partial charge in [-0.15, -0.1) is 0 Å². The molecule has 0 heterocycles. The molecular weight excluding hydrogens is 463 g/mol. The minimum atomic E-state index is -1.95. The molecule has 12 heteroatoms. The van der Waals surface area contributed by atoms with Crippen molar-refractivity contribution < 1.29 is 14.5 Å². The fourth-order valence-corrected chi connectivity index (χ4v) is 2.77. The van der Waals surface area contributed by atoms with Gasteiger partial charge in [0, 0.05) is 17.8 Å². The minimum absolute atomic E-state index is 0.0236. The van der Waals surface area contributed by atoms with Crippen molar-refractivity contribution in [2.24, 2.45) is 0 Å². The van der Waals surface area contributed by atoms with Crippen LogP contribution >= 0.6 is 47.0 Å². The molecule has 154 valence electrons. The van der Waals surface area contributed by atoms with Crippen molar-refractivity contribution in [3.8, 4) is 5.75 Å². The van der Waals surface area contributed by atoms with E-state index in [2.05, 4.69) is 16.0 Å². The smallest absolute Gasteiger partial charge is 0.269 e. The van der Waals surface area contributed by atoms with Crippen LogP contribution in [-0.2, 0) is 0 Å². The van der Waals surface area contributed by atoms with Crippen molar-refractivity contribution in [2.45, 2.75) is 9.96 Å². The van der Waals surface area contributed by atoms with Gasteiger partial charge in [0.1, 0.15) is 11.9 Å². The Morgan fingerprint density at radius 2 is 1.76 bits per heavy atom. The molecule has 2 aromatic rings. The van der Waals surface area contributed by atoms with Crippen LogP contribution < -0.4 is 20.7 Å².